The van der Waals surface area contributed by atoms with Crippen molar-refractivity contribution >= 4 is 9.73 Å². The van der Waals surface area contributed by atoms with E-state index in [0.29, 0.717) is 5.56 Å². The summed E-state index contributed by atoms with van der Waals surface area (Å²) in [5, 5.41) is 0. The predicted octanol–water partition coefficient (Wildman–Crippen LogP) is 2.28. The standard InChI is InChI=1S/C8H9F3N2OS/c1-15(12,14)5-6-2-3-7(13-4-6)8(9,10)11/h2-4,12H,5H2,1H3. The lowest BCUT2D eigenvalue weighted by Crippen LogP contribution is -2.08. The summed E-state index contributed by atoms with van der Waals surface area (Å²) >= 11 is 0. The first kappa shape index (κ1) is 12.0. The molecular weight excluding hydrogens is 229 g/mol. The Kier molecular flexibility index (Phi) is 3.03. The highest BCUT2D eigenvalue weighted by atomic mass is 32.2. The second kappa shape index (κ2) is 3.80. The molecule has 0 fully saturated rings. The molecule has 0 amide bonds. The van der Waals surface area contributed by atoms with E-state index in [0.717, 1.165) is 12.3 Å². The number of aromatic nitrogens is 1. The third-order valence-electron chi connectivity index (χ3n) is 1.56. The maximum Gasteiger partial charge on any atom is 0.433 e. The number of halogens is 3. The van der Waals surface area contributed by atoms with Gasteiger partial charge < -0.3 is 0 Å². The van der Waals surface area contributed by atoms with E-state index in [2.05, 4.69) is 4.98 Å². The third-order valence-corrected chi connectivity index (χ3v) is 2.44. The molecule has 0 saturated carbocycles. The smallest absolute Gasteiger partial charge is 0.253 e. The van der Waals surface area contributed by atoms with Crippen LogP contribution in [0.5, 0.6) is 0 Å². The number of nitrogens with one attached hydrogen (secondary N) is 1. The second-order valence-electron chi connectivity index (χ2n) is 3.20. The van der Waals surface area contributed by atoms with E-state index >= 15 is 0 Å². The van der Waals surface area contributed by atoms with Crippen LogP contribution in [0.3, 0.4) is 0 Å². The van der Waals surface area contributed by atoms with Gasteiger partial charge in [0.1, 0.15) is 5.69 Å². The molecule has 1 N–H and O–H groups in total. The molecule has 84 valence electrons. The maximum atomic E-state index is 12.1. The number of hydrogen-bond donors (Lipinski definition) is 1. The molecule has 1 rings (SSSR count). The molecule has 3 nitrogen and oxygen atoms in total. The molecule has 0 saturated heterocycles. The molecule has 1 unspecified atom stereocenters. The molecule has 1 atom stereocenters. The molecule has 0 aliphatic carbocycles. The fraction of sp³-hybridized carbons (Fsp3) is 0.375. The summed E-state index contributed by atoms with van der Waals surface area (Å²) in [7, 11) is -2.75. The van der Waals surface area contributed by atoms with E-state index in [-0.39, 0.29) is 5.75 Å². The van der Waals surface area contributed by atoms with Crippen LogP contribution in [0.15, 0.2) is 18.3 Å². The molecule has 0 radical (unpaired) electrons. The molecule has 0 spiro atoms. The van der Waals surface area contributed by atoms with Crippen molar-refractivity contribution in [2.45, 2.75) is 11.9 Å². The minimum absolute atomic E-state index is 0.0852. The minimum atomic E-state index is -4.47. The van der Waals surface area contributed by atoms with Crippen molar-refractivity contribution in [3.63, 3.8) is 0 Å². The van der Waals surface area contributed by atoms with Crippen LogP contribution in [-0.2, 0) is 21.7 Å². The van der Waals surface area contributed by atoms with Crippen molar-refractivity contribution < 1.29 is 17.4 Å². The largest absolute Gasteiger partial charge is 0.433 e. The first-order valence-corrected chi connectivity index (χ1v) is 6.05. The highest BCUT2D eigenvalue weighted by Gasteiger charge is 2.31. The lowest BCUT2D eigenvalue weighted by molar-refractivity contribution is -0.141. The van der Waals surface area contributed by atoms with Gasteiger partial charge in [-0.2, -0.15) is 13.2 Å². The van der Waals surface area contributed by atoms with Gasteiger partial charge in [-0.05, 0) is 11.6 Å². The Morgan fingerprint density at radius 3 is 2.40 bits per heavy atom. The number of nitrogens with zero attached hydrogens (tertiary/aromatic N) is 1. The van der Waals surface area contributed by atoms with Crippen LogP contribution < -0.4 is 0 Å². The van der Waals surface area contributed by atoms with Gasteiger partial charge in [-0.1, -0.05) is 6.07 Å². The summed E-state index contributed by atoms with van der Waals surface area (Å²) in [5.74, 6) is -0.0852. The molecule has 0 aromatic carbocycles. The fourth-order valence-corrected chi connectivity index (χ4v) is 1.80. The number of hydrogen-bond acceptors (Lipinski definition) is 3. The van der Waals surface area contributed by atoms with Crippen LogP contribution in [0.1, 0.15) is 11.3 Å². The van der Waals surface area contributed by atoms with Crippen LogP contribution >= 0.6 is 0 Å². The third kappa shape index (κ3) is 3.86. The van der Waals surface area contributed by atoms with Crippen LogP contribution in [0.25, 0.3) is 0 Å². The molecule has 0 aliphatic heterocycles. The highest BCUT2D eigenvalue weighted by Crippen LogP contribution is 2.27. The predicted molar refractivity (Wildman–Crippen MR) is 49.7 cm³/mol. The van der Waals surface area contributed by atoms with E-state index in [1.54, 1.807) is 0 Å². The second-order valence-corrected chi connectivity index (χ2v) is 5.50. The highest BCUT2D eigenvalue weighted by molar-refractivity contribution is 7.90. The van der Waals surface area contributed by atoms with Gasteiger partial charge in [-0.25, -0.2) is 4.21 Å². The van der Waals surface area contributed by atoms with Crippen molar-refractivity contribution in [2.24, 2.45) is 0 Å². The average molecular weight is 238 g/mol. The Bertz CT molecular complexity index is 436. The zero-order chi connectivity index (χ0) is 11.7. The monoisotopic (exact) mass is 238 g/mol. The first-order valence-electron chi connectivity index (χ1n) is 3.92. The van der Waals surface area contributed by atoms with Gasteiger partial charge in [-0.3, -0.25) is 9.76 Å². The zero-order valence-corrected chi connectivity index (χ0v) is 8.65. The molecular formula is C8H9F3N2OS. The van der Waals surface area contributed by atoms with Crippen molar-refractivity contribution in [1.82, 2.24) is 4.98 Å². The topological polar surface area (TPSA) is 53.8 Å². The lowest BCUT2D eigenvalue weighted by Gasteiger charge is -2.06. The number of rotatable bonds is 2. The van der Waals surface area contributed by atoms with Gasteiger partial charge in [0, 0.05) is 22.2 Å². The Morgan fingerprint density at radius 1 is 1.47 bits per heavy atom. The van der Waals surface area contributed by atoms with E-state index in [9.17, 15) is 17.4 Å². The van der Waals surface area contributed by atoms with Crippen LogP contribution in [0.4, 0.5) is 13.2 Å². The van der Waals surface area contributed by atoms with E-state index in [1.807, 2.05) is 0 Å². The first-order chi connectivity index (χ1) is 6.68. The maximum absolute atomic E-state index is 12.1. The molecule has 7 heteroatoms. The average Bonchev–Trinajstić information content (AvgIpc) is 2.00. The van der Waals surface area contributed by atoms with Gasteiger partial charge in [0.25, 0.3) is 0 Å². The summed E-state index contributed by atoms with van der Waals surface area (Å²) in [4.78, 5) is 3.20. The van der Waals surface area contributed by atoms with Crippen molar-refractivity contribution in [2.75, 3.05) is 6.26 Å². The molecule has 0 bridgehead atoms. The molecule has 1 aromatic rings. The summed E-state index contributed by atoms with van der Waals surface area (Å²) in [6, 6.07) is 2.01. The number of alkyl halides is 3. The van der Waals surface area contributed by atoms with Crippen LogP contribution in [-0.4, -0.2) is 15.4 Å². The Balaban J connectivity index is 2.91. The number of pyridine rings is 1. The molecule has 1 heterocycles. The normalized spacial score (nSPS) is 16.0. The quantitative estimate of drug-likeness (QED) is 0.859. The van der Waals surface area contributed by atoms with E-state index in [4.69, 9.17) is 4.78 Å². The minimum Gasteiger partial charge on any atom is -0.253 e. The van der Waals surface area contributed by atoms with Gasteiger partial charge in [0.15, 0.2) is 0 Å². The SMILES string of the molecule is CS(=N)(=O)Cc1ccc(C(F)(F)F)nc1. The summed E-state index contributed by atoms with van der Waals surface area (Å²) in [6.45, 7) is 0. The Hall–Kier alpha value is -1.11. The van der Waals surface area contributed by atoms with Gasteiger partial charge in [0.2, 0.25) is 0 Å². The fourth-order valence-electron chi connectivity index (χ4n) is 0.996. The van der Waals surface area contributed by atoms with Gasteiger partial charge >= 0.3 is 6.18 Å². The summed E-state index contributed by atoms with van der Waals surface area (Å²) < 4.78 is 54.5. The van der Waals surface area contributed by atoms with Crippen molar-refractivity contribution in [1.29, 1.82) is 4.78 Å². The molecule has 0 aliphatic rings. The van der Waals surface area contributed by atoms with Crippen molar-refractivity contribution in [3.05, 3.63) is 29.6 Å². The summed E-state index contributed by atoms with van der Waals surface area (Å²) in [6.07, 6.45) is -2.24. The van der Waals surface area contributed by atoms with Gasteiger partial charge in [-0.15, -0.1) is 0 Å². The zero-order valence-electron chi connectivity index (χ0n) is 7.84. The Labute approximate surface area is 85.3 Å². The van der Waals surface area contributed by atoms with Crippen LogP contribution in [0, 0.1) is 4.78 Å². The van der Waals surface area contributed by atoms with Crippen molar-refractivity contribution in [3.8, 4) is 0 Å². The van der Waals surface area contributed by atoms with Gasteiger partial charge in [0.05, 0.1) is 5.75 Å². The Morgan fingerprint density at radius 2 is 2.07 bits per heavy atom. The van der Waals surface area contributed by atoms with E-state index < -0.39 is 21.6 Å². The summed E-state index contributed by atoms with van der Waals surface area (Å²) in [5.41, 5.74) is -0.621. The lowest BCUT2D eigenvalue weighted by atomic mass is 10.3. The van der Waals surface area contributed by atoms with Crippen LogP contribution in [0.2, 0.25) is 0 Å². The van der Waals surface area contributed by atoms with E-state index in [1.165, 1.54) is 12.3 Å². The molecule has 1 aromatic heterocycles. The molecule has 15 heavy (non-hydrogen) atoms.